The number of phenols is 1. The minimum Gasteiger partial charge on any atom is -0.504 e. The monoisotopic (exact) mass is 418 g/mol. The van der Waals surface area contributed by atoms with Crippen molar-refractivity contribution >= 4 is 21.8 Å². The number of ether oxygens (including phenoxy) is 1. The minimum atomic E-state index is -0.379. The van der Waals surface area contributed by atoms with E-state index in [2.05, 4.69) is 22.1 Å². The number of aromatic amines is 2. The molecule has 2 heterocycles. The Morgan fingerprint density at radius 2 is 1.38 bits per heavy atom. The highest BCUT2D eigenvalue weighted by atomic mass is 16.5. The van der Waals surface area contributed by atoms with Gasteiger partial charge in [0.1, 0.15) is 0 Å². The molecule has 3 N–H and O–H groups in total. The Hall–Kier alpha value is -4.68. The molecular weight excluding hydrogens is 400 g/mol. The van der Waals surface area contributed by atoms with Gasteiger partial charge >= 0.3 is 0 Å². The molecule has 0 radical (unpaired) electrons. The van der Waals surface area contributed by atoms with E-state index in [4.69, 9.17) is 4.74 Å². The second-order valence-corrected chi connectivity index (χ2v) is 7.56. The van der Waals surface area contributed by atoms with Gasteiger partial charge < -0.3 is 19.8 Å². The number of phenolic OH excluding ortho intramolecular Hbond substituents is 1. The maximum atomic E-state index is 11.1. The highest BCUT2D eigenvalue weighted by Gasteiger charge is 2.27. The molecule has 6 heteroatoms. The van der Waals surface area contributed by atoms with Gasteiger partial charge in [-0.05, 0) is 53.6 Å². The fraction of sp³-hybridized carbons (Fsp3) is 0.0769. The van der Waals surface area contributed by atoms with Gasteiger partial charge in [-0.1, -0.05) is 12.1 Å². The lowest BCUT2D eigenvalue weighted by Gasteiger charge is -2.20. The third-order valence-corrected chi connectivity index (χ3v) is 5.87. The van der Waals surface area contributed by atoms with Gasteiger partial charge in [-0.2, -0.15) is 10.5 Å². The number of para-hydroxylation sites is 1. The molecule has 0 bridgehead atoms. The minimum absolute atomic E-state index is 0.0524. The third kappa shape index (κ3) is 2.94. The SMILES string of the molecule is COc1cccc(C(c2c[nH]c3ccc(C#N)cc23)c2c[nH]c3ccc(C#N)cc23)c1O. The lowest BCUT2D eigenvalue weighted by atomic mass is 9.83. The Morgan fingerprint density at radius 1 is 0.812 bits per heavy atom. The number of aromatic nitrogens is 2. The first kappa shape index (κ1) is 19.3. The standard InChI is InChI=1S/C26H18N4O2/c1-32-24-4-2-3-17(26(24)31)25(20-13-29-22-7-5-15(11-27)9-18(20)22)21-14-30-23-8-6-16(12-28)10-19(21)23/h2-10,13-14,25,29-31H,1H3. The van der Waals surface area contributed by atoms with Gasteiger partial charge in [-0.3, -0.25) is 0 Å². The molecule has 0 unspecified atom stereocenters. The quantitative estimate of drug-likeness (QED) is 0.368. The van der Waals surface area contributed by atoms with Crippen LogP contribution in [0.3, 0.4) is 0 Å². The van der Waals surface area contributed by atoms with E-state index in [1.165, 1.54) is 7.11 Å². The molecule has 0 atom stereocenters. The maximum absolute atomic E-state index is 11.1. The van der Waals surface area contributed by atoms with Gasteiger partial charge in [0.15, 0.2) is 11.5 Å². The van der Waals surface area contributed by atoms with E-state index in [1.807, 2.05) is 48.8 Å². The first-order chi connectivity index (χ1) is 15.6. The van der Waals surface area contributed by atoms with E-state index < -0.39 is 0 Å². The summed E-state index contributed by atoms with van der Waals surface area (Å²) in [7, 11) is 1.52. The highest BCUT2D eigenvalue weighted by molar-refractivity contribution is 5.90. The molecule has 5 aromatic rings. The average molecular weight is 418 g/mol. The van der Waals surface area contributed by atoms with E-state index >= 15 is 0 Å². The maximum Gasteiger partial charge on any atom is 0.161 e. The lowest BCUT2D eigenvalue weighted by Crippen LogP contribution is -2.04. The van der Waals surface area contributed by atoms with Crippen molar-refractivity contribution in [3.63, 3.8) is 0 Å². The van der Waals surface area contributed by atoms with Gasteiger partial charge in [0.25, 0.3) is 0 Å². The summed E-state index contributed by atoms with van der Waals surface area (Å²) in [6.07, 6.45) is 3.81. The summed E-state index contributed by atoms with van der Waals surface area (Å²) < 4.78 is 5.37. The van der Waals surface area contributed by atoms with E-state index in [0.29, 0.717) is 22.4 Å². The van der Waals surface area contributed by atoms with Gasteiger partial charge in [0.05, 0.1) is 30.4 Å². The molecule has 32 heavy (non-hydrogen) atoms. The van der Waals surface area contributed by atoms with Crippen LogP contribution in [-0.2, 0) is 0 Å². The number of nitrogens with one attached hydrogen (secondary N) is 2. The second kappa shape index (κ2) is 7.54. The van der Waals surface area contributed by atoms with Gasteiger partial charge in [0, 0.05) is 45.7 Å². The second-order valence-electron chi connectivity index (χ2n) is 7.56. The Bertz CT molecular complexity index is 1470. The molecule has 154 valence electrons. The summed E-state index contributed by atoms with van der Waals surface area (Å²) >= 11 is 0. The number of nitriles is 2. The molecule has 0 saturated heterocycles. The molecule has 3 aromatic carbocycles. The van der Waals surface area contributed by atoms with Crippen LogP contribution >= 0.6 is 0 Å². The number of rotatable bonds is 4. The lowest BCUT2D eigenvalue weighted by molar-refractivity contribution is 0.370. The van der Waals surface area contributed by atoms with Gasteiger partial charge in [-0.15, -0.1) is 0 Å². The van der Waals surface area contributed by atoms with Crippen LogP contribution in [0.25, 0.3) is 21.8 Å². The highest BCUT2D eigenvalue weighted by Crippen LogP contribution is 2.45. The normalized spacial score (nSPS) is 11.0. The molecule has 0 aliphatic heterocycles. The van der Waals surface area contributed by atoms with E-state index in [9.17, 15) is 15.6 Å². The van der Waals surface area contributed by atoms with Crippen LogP contribution in [-0.4, -0.2) is 22.2 Å². The van der Waals surface area contributed by atoms with Crippen molar-refractivity contribution in [2.45, 2.75) is 5.92 Å². The Morgan fingerprint density at radius 3 is 1.88 bits per heavy atom. The Kier molecular flexibility index (Phi) is 4.54. The van der Waals surface area contributed by atoms with Gasteiger partial charge in [-0.25, -0.2) is 0 Å². The number of nitrogens with zero attached hydrogens (tertiary/aromatic N) is 2. The van der Waals surface area contributed by atoms with Crippen LogP contribution in [0.2, 0.25) is 0 Å². The van der Waals surface area contributed by atoms with E-state index in [0.717, 1.165) is 32.9 Å². The smallest absolute Gasteiger partial charge is 0.161 e. The summed E-state index contributed by atoms with van der Waals surface area (Å²) in [4.78, 5) is 6.57. The number of fused-ring (bicyclic) bond motifs is 2. The summed E-state index contributed by atoms with van der Waals surface area (Å²) in [6.45, 7) is 0. The molecule has 0 spiro atoms. The number of methoxy groups -OCH3 is 1. The predicted octanol–water partition coefficient (Wildman–Crippen LogP) is 5.29. The summed E-state index contributed by atoms with van der Waals surface area (Å²) in [5.74, 6) is 0.0506. The van der Waals surface area contributed by atoms with Crippen molar-refractivity contribution in [1.29, 1.82) is 10.5 Å². The molecule has 0 aliphatic carbocycles. The average Bonchev–Trinajstić information content (AvgIpc) is 3.44. The van der Waals surface area contributed by atoms with Crippen LogP contribution in [0.15, 0.2) is 67.0 Å². The largest absolute Gasteiger partial charge is 0.504 e. The van der Waals surface area contributed by atoms with Crippen LogP contribution in [0.4, 0.5) is 0 Å². The zero-order chi connectivity index (χ0) is 22.2. The number of hydrogen-bond donors (Lipinski definition) is 3. The van der Waals surface area contributed by atoms with Crippen molar-refractivity contribution in [2.75, 3.05) is 7.11 Å². The van der Waals surface area contributed by atoms with Crippen LogP contribution in [0, 0.1) is 22.7 Å². The van der Waals surface area contributed by atoms with Crippen LogP contribution in [0.1, 0.15) is 33.7 Å². The van der Waals surface area contributed by atoms with Gasteiger partial charge in [0.2, 0.25) is 0 Å². The molecular formula is C26H18N4O2. The Balaban J connectivity index is 1.85. The fourth-order valence-electron chi connectivity index (χ4n) is 4.34. The molecule has 0 amide bonds. The zero-order valence-electron chi connectivity index (χ0n) is 17.2. The summed E-state index contributed by atoms with van der Waals surface area (Å²) in [6, 6.07) is 20.8. The fourth-order valence-corrected chi connectivity index (χ4v) is 4.34. The Labute approximate surface area is 183 Å². The van der Waals surface area contributed by atoms with Crippen LogP contribution < -0.4 is 4.74 Å². The molecule has 0 saturated carbocycles. The van der Waals surface area contributed by atoms with Crippen molar-refractivity contribution in [3.05, 3.63) is 94.8 Å². The van der Waals surface area contributed by atoms with Crippen LogP contribution in [0.5, 0.6) is 11.5 Å². The first-order valence-electron chi connectivity index (χ1n) is 10.0. The number of hydrogen-bond acceptors (Lipinski definition) is 4. The number of aromatic hydroxyl groups is 1. The molecule has 0 fully saturated rings. The number of H-pyrrole nitrogens is 2. The molecule has 6 nitrogen and oxygen atoms in total. The van der Waals surface area contributed by atoms with E-state index in [-0.39, 0.29) is 11.7 Å². The topological polar surface area (TPSA) is 109 Å². The molecule has 2 aromatic heterocycles. The predicted molar refractivity (Wildman–Crippen MR) is 122 cm³/mol. The van der Waals surface area contributed by atoms with Crippen molar-refractivity contribution in [3.8, 4) is 23.6 Å². The molecule has 5 rings (SSSR count). The number of benzene rings is 3. The zero-order valence-corrected chi connectivity index (χ0v) is 17.2. The molecule has 0 aliphatic rings. The first-order valence-corrected chi connectivity index (χ1v) is 10.0. The third-order valence-electron chi connectivity index (χ3n) is 5.87. The van der Waals surface area contributed by atoms with Crippen molar-refractivity contribution in [1.82, 2.24) is 9.97 Å². The van der Waals surface area contributed by atoms with E-state index in [1.54, 1.807) is 18.2 Å². The van der Waals surface area contributed by atoms with Crippen molar-refractivity contribution < 1.29 is 9.84 Å². The summed E-state index contributed by atoms with van der Waals surface area (Å²) in [5, 5.41) is 31.7. The summed E-state index contributed by atoms with van der Waals surface area (Å²) in [5.41, 5.74) is 5.37. The van der Waals surface area contributed by atoms with Crippen molar-refractivity contribution in [2.24, 2.45) is 0 Å².